The maximum atomic E-state index is 12.6. The Balaban J connectivity index is 1.57. The molecule has 6 nitrogen and oxygen atoms in total. The fourth-order valence-electron chi connectivity index (χ4n) is 3.13. The number of aromatic amines is 1. The van der Waals surface area contributed by atoms with Crippen LogP contribution in [0.1, 0.15) is 10.5 Å². The van der Waals surface area contributed by atoms with Crippen LogP contribution in [0.4, 0.5) is 11.4 Å². The average Bonchev–Trinajstić information content (AvgIpc) is 2.69. The molecular weight excluding hydrogens is 330 g/mol. The molecule has 1 amide bonds. The van der Waals surface area contributed by atoms with Crippen LogP contribution in [0, 0.1) is 0 Å². The van der Waals surface area contributed by atoms with E-state index in [1.807, 2.05) is 36.4 Å². The number of ether oxygens (including phenoxy) is 1. The number of rotatable bonds is 3. The molecule has 0 radical (unpaired) electrons. The molecule has 0 unspecified atom stereocenters. The number of hydrogen-bond acceptors (Lipinski definition) is 4. The van der Waals surface area contributed by atoms with Crippen molar-refractivity contribution in [3.63, 3.8) is 0 Å². The first kappa shape index (κ1) is 16.4. The topological polar surface area (TPSA) is 74.4 Å². The minimum atomic E-state index is -0.341. The van der Waals surface area contributed by atoms with Crippen LogP contribution in [0.25, 0.3) is 10.8 Å². The number of fused-ring (bicyclic) bond motifs is 1. The van der Waals surface area contributed by atoms with Crippen molar-refractivity contribution in [1.82, 2.24) is 4.98 Å². The summed E-state index contributed by atoms with van der Waals surface area (Å²) >= 11 is 0. The highest BCUT2D eigenvalue weighted by atomic mass is 16.5. The van der Waals surface area contributed by atoms with Crippen molar-refractivity contribution in [2.45, 2.75) is 0 Å². The number of pyridine rings is 1. The molecular formula is C20H19N3O3. The quantitative estimate of drug-likeness (QED) is 0.762. The fraction of sp³-hybridized carbons (Fsp3) is 0.200. The van der Waals surface area contributed by atoms with E-state index in [0.29, 0.717) is 24.3 Å². The van der Waals surface area contributed by atoms with E-state index in [4.69, 9.17) is 4.74 Å². The van der Waals surface area contributed by atoms with E-state index < -0.39 is 0 Å². The molecule has 1 aliphatic heterocycles. The van der Waals surface area contributed by atoms with E-state index in [1.54, 1.807) is 18.2 Å². The number of anilines is 2. The van der Waals surface area contributed by atoms with Gasteiger partial charge in [0.2, 0.25) is 0 Å². The molecule has 1 saturated heterocycles. The van der Waals surface area contributed by atoms with Crippen LogP contribution in [0.2, 0.25) is 0 Å². The van der Waals surface area contributed by atoms with Gasteiger partial charge < -0.3 is 19.9 Å². The number of hydrogen-bond donors (Lipinski definition) is 2. The van der Waals surface area contributed by atoms with Crippen LogP contribution >= 0.6 is 0 Å². The van der Waals surface area contributed by atoms with Crippen LogP contribution < -0.4 is 15.8 Å². The predicted octanol–water partition coefficient (Wildman–Crippen LogP) is 2.62. The first-order chi connectivity index (χ1) is 12.7. The molecule has 1 aliphatic rings. The molecule has 2 heterocycles. The molecule has 0 saturated carbocycles. The van der Waals surface area contributed by atoms with Crippen molar-refractivity contribution in [2.24, 2.45) is 0 Å². The average molecular weight is 349 g/mol. The van der Waals surface area contributed by atoms with Crippen molar-refractivity contribution in [2.75, 3.05) is 36.5 Å². The van der Waals surface area contributed by atoms with E-state index >= 15 is 0 Å². The lowest BCUT2D eigenvalue weighted by atomic mass is 10.1. The summed E-state index contributed by atoms with van der Waals surface area (Å²) in [6, 6.07) is 16.6. The zero-order valence-corrected chi connectivity index (χ0v) is 14.2. The van der Waals surface area contributed by atoms with Crippen LogP contribution in [0.5, 0.6) is 0 Å². The Morgan fingerprint density at radius 1 is 1.04 bits per heavy atom. The van der Waals surface area contributed by atoms with Gasteiger partial charge in [0.1, 0.15) is 5.69 Å². The molecule has 1 aromatic heterocycles. The predicted molar refractivity (Wildman–Crippen MR) is 102 cm³/mol. The van der Waals surface area contributed by atoms with Gasteiger partial charge in [0, 0.05) is 29.9 Å². The lowest BCUT2D eigenvalue weighted by Crippen LogP contribution is -2.36. The zero-order chi connectivity index (χ0) is 17.9. The van der Waals surface area contributed by atoms with Gasteiger partial charge in [-0.15, -0.1) is 0 Å². The molecule has 0 spiro atoms. The summed E-state index contributed by atoms with van der Waals surface area (Å²) in [6.45, 7) is 3.06. The first-order valence-corrected chi connectivity index (χ1v) is 8.57. The molecule has 132 valence electrons. The number of nitrogens with one attached hydrogen (secondary N) is 2. The maximum Gasteiger partial charge on any atom is 0.272 e. The maximum absolute atomic E-state index is 12.6. The van der Waals surface area contributed by atoms with E-state index in [9.17, 15) is 9.59 Å². The second kappa shape index (κ2) is 7.01. The number of nitrogens with zero attached hydrogens (tertiary/aromatic N) is 1. The number of morpholine rings is 1. The minimum Gasteiger partial charge on any atom is -0.378 e. The van der Waals surface area contributed by atoms with Crippen molar-refractivity contribution < 1.29 is 9.53 Å². The summed E-state index contributed by atoms with van der Waals surface area (Å²) in [5.74, 6) is -0.341. The smallest absolute Gasteiger partial charge is 0.272 e. The van der Waals surface area contributed by atoms with E-state index in [0.717, 1.165) is 24.2 Å². The number of benzene rings is 2. The first-order valence-electron chi connectivity index (χ1n) is 8.57. The molecule has 6 heteroatoms. The lowest BCUT2D eigenvalue weighted by Gasteiger charge is -2.29. The molecule has 0 bridgehead atoms. The van der Waals surface area contributed by atoms with Gasteiger partial charge in [-0.25, -0.2) is 0 Å². The second-order valence-corrected chi connectivity index (χ2v) is 6.20. The normalized spacial score (nSPS) is 14.4. The summed E-state index contributed by atoms with van der Waals surface area (Å²) in [5, 5.41) is 4.17. The molecule has 1 fully saturated rings. The Bertz CT molecular complexity index is 1010. The summed E-state index contributed by atoms with van der Waals surface area (Å²) in [7, 11) is 0. The molecule has 0 aliphatic carbocycles. The monoisotopic (exact) mass is 349 g/mol. The number of H-pyrrole nitrogens is 1. The third kappa shape index (κ3) is 3.32. The molecule has 4 rings (SSSR count). The molecule has 0 atom stereocenters. The fourth-order valence-corrected chi connectivity index (χ4v) is 3.13. The van der Waals surface area contributed by atoms with Crippen molar-refractivity contribution >= 4 is 28.1 Å². The van der Waals surface area contributed by atoms with Gasteiger partial charge in [0.05, 0.1) is 13.2 Å². The molecule has 2 N–H and O–H groups in total. The highest BCUT2D eigenvalue weighted by Gasteiger charge is 2.13. The third-order valence-electron chi connectivity index (χ3n) is 4.48. The second-order valence-electron chi connectivity index (χ2n) is 6.20. The standard InChI is InChI=1S/C20H19N3O3/c24-19-17-7-2-1-4-14(17)12-18(22-19)20(25)21-15-5-3-6-16(13-15)23-8-10-26-11-9-23/h1-7,12-13H,8-11H2,(H,21,25)(H,22,24). The minimum absolute atomic E-state index is 0.241. The van der Waals surface area contributed by atoms with Gasteiger partial charge in [-0.1, -0.05) is 24.3 Å². The van der Waals surface area contributed by atoms with Crippen molar-refractivity contribution in [3.8, 4) is 0 Å². The lowest BCUT2D eigenvalue weighted by molar-refractivity contribution is 0.102. The molecule has 26 heavy (non-hydrogen) atoms. The zero-order valence-electron chi connectivity index (χ0n) is 14.2. The Hall–Kier alpha value is -3.12. The number of aromatic nitrogens is 1. The summed E-state index contributed by atoms with van der Waals surface area (Å²) in [6.07, 6.45) is 0. The summed E-state index contributed by atoms with van der Waals surface area (Å²) in [5.41, 5.74) is 1.70. The molecule has 3 aromatic rings. The van der Waals surface area contributed by atoms with Gasteiger partial charge in [0.15, 0.2) is 0 Å². The SMILES string of the molecule is O=C(Nc1cccc(N2CCOCC2)c1)c1cc2ccccc2c(=O)[nH]1. The van der Waals surface area contributed by atoms with E-state index in [2.05, 4.69) is 15.2 Å². The van der Waals surface area contributed by atoms with Gasteiger partial charge in [-0.05, 0) is 35.7 Å². The number of amides is 1. The van der Waals surface area contributed by atoms with Crippen molar-refractivity contribution in [3.05, 3.63) is 70.6 Å². The van der Waals surface area contributed by atoms with Crippen LogP contribution in [0.15, 0.2) is 59.4 Å². The highest BCUT2D eigenvalue weighted by molar-refractivity contribution is 6.04. The largest absolute Gasteiger partial charge is 0.378 e. The van der Waals surface area contributed by atoms with Gasteiger partial charge in [-0.3, -0.25) is 9.59 Å². The van der Waals surface area contributed by atoms with Crippen LogP contribution in [-0.4, -0.2) is 37.2 Å². The Morgan fingerprint density at radius 2 is 1.85 bits per heavy atom. The number of carbonyl (C=O) groups is 1. The van der Waals surface area contributed by atoms with Gasteiger partial charge >= 0.3 is 0 Å². The Labute approximate surface area is 150 Å². The summed E-state index contributed by atoms with van der Waals surface area (Å²) < 4.78 is 5.38. The van der Waals surface area contributed by atoms with Crippen LogP contribution in [-0.2, 0) is 4.74 Å². The highest BCUT2D eigenvalue weighted by Crippen LogP contribution is 2.21. The number of carbonyl (C=O) groups excluding carboxylic acids is 1. The van der Waals surface area contributed by atoms with Gasteiger partial charge in [-0.2, -0.15) is 0 Å². The Kier molecular flexibility index (Phi) is 4.41. The van der Waals surface area contributed by atoms with E-state index in [1.165, 1.54) is 0 Å². The Morgan fingerprint density at radius 3 is 2.69 bits per heavy atom. The van der Waals surface area contributed by atoms with E-state index in [-0.39, 0.29) is 17.2 Å². The van der Waals surface area contributed by atoms with Crippen LogP contribution in [0.3, 0.4) is 0 Å². The summed E-state index contributed by atoms with van der Waals surface area (Å²) in [4.78, 5) is 29.6. The van der Waals surface area contributed by atoms with Gasteiger partial charge in [0.25, 0.3) is 11.5 Å². The molecule has 2 aromatic carbocycles. The third-order valence-corrected chi connectivity index (χ3v) is 4.48. The van der Waals surface area contributed by atoms with Crippen molar-refractivity contribution in [1.29, 1.82) is 0 Å².